The van der Waals surface area contributed by atoms with Crippen LogP contribution < -0.4 is 44.7 Å². The summed E-state index contributed by atoms with van der Waals surface area (Å²) in [5.41, 5.74) is 10.1. The third kappa shape index (κ3) is 18.1. The number of hydrogen-bond acceptors (Lipinski definition) is 16. The maximum atomic E-state index is 12.2. The number of anilines is 4. The largest absolute Gasteiger partial charge is 0.497 e. The van der Waals surface area contributed by atoms with Crippen LogP contribution in [0.3, 0.4) is 0 Å². The lowest BCUT2D eigenvalue weighted by molar-refractivity contribution is 0.0526. The number of imidazole rings is 2. The molecule has 502 valence electrons. The molecule has 4 aromatic carbocycles. The standard InChI is InChI=1S/C37H53N7O4.C34H48N6O2.2CH4/c1-8-9-12-32-41-33-34(44(32)18-11-10-17-38-36(45)48-37(2,3)4)29-23-27(43-21-19-42(5)20-22-43)14-16-30(29)40-35(33)39-25-26-13-15-28(46-6)24-31(26)47-7;1-6-8-10-11-17-40-31(12-9-7-2)37-32-33(40)28-22-26(39-20-18-38(3)19-21-39)14-16-29(28)36-34(32)35-24-25-13-15-27(41-4)23-30(25)42-5;;/h13-16,23-24H,8-12,17-22,25H2,1-7H3,(H,38,45)(H,39,40);13-16,22-23H,6-12,17-21,24H2,1-5H3,(H,35,36);2*1H4. The molecule has 92 heavy (non-hydrogen) atoms. The van der Waals surface area contributed by atoms with Crippen molar-refractivity contribution in [2.75, 3.05) is 122 Å². The molecule has 6 heterocycles. The topological polar surface area (TPSA) is 174 Å². The van der Waals surface area contributed by atoms with E-state index in [1.54, 1.807) is 28.4 Å². The number of ether oxygens (including phenoxy) is 5. The van der Waals surface area contributed by atoms with Crippen molar-refractivity contribution >= 4 is 73.0 Å². The van der Waals surface area contributed by atoms with Gasteiger partial charge >= 0.3 is 6.09 Å². The first-order chi connectivity index (χ1) is 43.6. The van der Waals surface area contributed by atoms with Gasteiger partial charge in [-0.2, -0.15) is 0 Å². The maximum Gasteiger partial charge on any atom is 0.407 e. The van der Waals surface area contributed by atoms with E-state index in [0.717, 1.165) is 208 Å². The molecular weight excluding hydrogens is 1150 g/mol. The Morgan fingerprint density at radius 2 is 0.946 bits per heavy atom. The van der Waals surface area contributed by atoms with Gasteiger partial charge in [-0.3, -0.25) is 0 Å². The first kappa shape index (κ1) is 71.7. The number of aromatic nitrogens is 6. The van der Waals surface area contributed by atoms with Gasteiger partial charge < -0.3 is 68.4 Å². The van der Waals surface area contributed by atoms with Crippen molar-refractivity contribution in [2.24, 2.45) is 0 Å². The van der Waals surface area contributed by atoms with Gasteiger partial charge in [0.1, 0.15) is 51.3 Å². The Hall–Kier alpha value is -7.77. The SMILES string of the molecule is C.C.CCCCCCn1c(CCCC)nc2c(NCc3ccc(OC)cc3OC)nc3ccc(N4CCN(C)CC4)cc3c21.CCCCc1nc2c(NCc3ccc(OC)cc3OC)nc3ccc(N4CCN(C)CC4)cc3c2n1CCCCNC(=O)OC(C)(C)C. The Kier molecular flexibility index (Phi) is 26.7. The number of amides is 1. The van der Waals surface area contributed by atoms with Crippen LogP contribution in [-0.2, 0) is 43.8 Å². The van der Waals surface area contributed by atoms with Crippen LogP contribution in [-0.4, -0.2) is 152 Å². The number of benzene rings is 4. The quantitative estimate of drug-likeness (QED) is 0.0395. The minimum absolute atomic E-state index is 0. The summed E-state index contributed by atoms with van der Waals surface area (Å²) in [6, 6.07) is 25.2. The number of nitrogens with zero attached hydrogens (tertiary/aromatic N) is 10. The van der Waals surface area contributed by atoms with Crippen LogP contribution in [0.15, 0.2) is 72.8 Å². The summed E-state index contributed by atoms with van der Waals surface area (Å²) < 4.78 is 32.5. The zero-order chi connectivity index (χ0) is 63.7. The third-order valence-electron chi connectivity index (χ3n) is 17.3. The fraction of sp³-hybridized carbons (Fsp3) is 0.548. The van der Waals surface area contributed by atoms with E-state index in [-0.39, 0.29) is 20.9 Å². The summed E-state index contributed by atoms with van der Waals surface area (Å²) in [6.07, 6.45) is 12.5. The van der Waals surface area contributed by atoms with Crippen LogP contribution in [0.1, 0.15) is 143 Å². The molecular formula is C73H109N13O6. The van der Waals surface area contributed by atoms with Crippen molar-refractivity contribution < 1.29 is 28.5 Å². The van der Waals surface area contributed by atoms with Gasteiger partial charge in [0, 0.05) is 143 Å². The molecule has 2 aliphatic rings. The lowest BCUT2D eigenvalue weighted by Gasteiger charge is -2.34. The van der Waals surface area contributed by atoms with Crippen molar-refractivity contribution in [2.45, 2.75) is 165 Å². The molecule has 4 aromatic heterocycles. The molecule has 0 atom stereocenters. The van der Waals surface area contributed by atoms with Gasteiger partial charge in [0.15, 0.2) is 11.6 Å². The van der Waals surface area contributed by atoms with E-state index < -0.39 is 5.60 Å². The van der Waals surface area contributed by atoms with E-state index in [2.05, 4.69) is 116 Å². The lowest BCUT2D eigenvalue weighted by atomic mass is 10.1. The van der Waals surface area contributed by atoms with Gasteiger partial charge in [-0.15, -0.1) is 0 Å². The van der Waals surface area contributed by atoms with Crippen LogP contribution in [0.5, 0.6) is 23.0 Å². The van der Waals surface area contributed by atoms with E-state index in [4.69, 9.17) is 43.6 Å². The molecule has 0 aliphatic carbocycles. The number of alkyl carbamates (subject to hydrolysis) is 1. The number of pyridine rings is 2. The lowest BCUT2D eigenvalue weighted by Crippen LogP contribution is -2.44. The summed E-state index contributed by atoms with van der Waals surface area (Å²) in [5, 5.41) is 12.5. The maximum absolute atomic E-state index is 12.2. The van der Waals surface area contributed by atoms with Crippen molar-refractivity contribution in [3.63, 3.8) is 0 Å². The number of likely N-dealkylation sites (N-methyl/N-ethyl adjacent to an activating group) is 2. The molecule has 0 saturated carbocycles. The molecule has 3 N–H and O–H groups in total. The number of carbonyl (C=O) groups excluding carboxylic acids is 1. The van der Waals surface area contributed by atoms with E-state index in [0.29, 0.717) is 19.6 Å². The molecule has 10 rings (SSSR count). The number of hydrogen-bond donors (Lipinski definition) is 3. The van der Waals surface area contributed by atoms with Gasteiger partial charge in [0.05, 0.1) is 50.5 Å². The molecule has 2 fully saturated rings. The van der Waals surface area contributed by atoms with E-state index in [1.165, 1.54) is 47.4 Å². The first-order valence-electron chi connectivity index (χ1n) is 33.0. The number of methoxy groups -OCH3 is 4. The predicted octanol–water partition coefficient (Wildman–Crippen LogP) is 14.8. The van der Waals surface area contributed by atoms with Gasteiger partial charge in [0.2, 0.25) is 0 Å². The minimum atomic E-state index is -0.518. The van der Waals surface area contributed by atoms with Crippen molar-refractivity contribution in [1.29, 1.82) is 0 Å². The summed E-state index contributed by atoms with van der Waals surface area (Å²) in [7, 11) is 11.1. The summed E-state index contributed by atoms with van der Waals surface area (Å²) in [4.78, 5) is 42.9. The van der Waals surface area contributed by atoms with Crippen LogP contribution in [0.2, 0.25) is 0 Å². The molecule has 0 radical (unpaired) electrons. The Labute approximate surface area is 548 Å². The number of rotatable bonds is 28. The zero-order valence-electron chi connectivity index (χ0n) is 56.0. The second-order valence-corrected chi connectivity index (χ2v) is 25.1. The van der Waals surface area contributed by atoms with Crippen LogP contribution >= 0.6 is 0 Å². The molecule has 0 bridgehead atoms. The number of unbranched alkanes of at least 4 members (excludes halogenated alkanes) is 6. The van der Waals surface area contributed by atoms with Crippen molar-refractivity contribution in [1.82, 2.24) is 44.2 Å². The highest BCUT2D eigenvalue weighted by Crippen LogP contribution is 2.37. The molecule has 1 amide bonds. The molecule has 2 aliphatic heterocycles. The molecule has 19 nitrogen and oxygen atoms in total. The van der Waals surface area contributed by atoms with Crippen molar-refractivity contribution in [3.05, 3.63) is 95.6 Å². The molecule has 0 spiro atoms. The highest BCUT2D eigenvalue weighted by Gasteiger charge is 2.25. The van der Waals surface area contributed by atoms with Gasteiger partial charge in [-0.1, -0.05) is 67.7 Å². The van der Waals surface area contributed by atoms with E-state index in [1.807, 2.05) is 57.2 Å². The average molecular weight is 1260 g/mol. The van der Waals surface area contributed by atoms with E-state index in [9.17, 15) is 4.79 Å². The summed E-state index contributed by atoms with van der Waals surface area (Å²) in [6.45, 7) is 24.1. The molecule has 8 aromatic rings. The number of aryl methyl sites for hydroxylation is 4. The monoisotopic (exact) mass is 1260 g/mol. The first-order valence-corrected chi connectivity index (χ1v) is 33.0. The Bertz CT molecular complexity index is 3640. The van der Waals surface area contributed by atoms with Crippen LogP contribution in [0, 0.1) is 0 Å². The number of carbonyl (C=O) groups is 1. The number of nitrogens with one attached hydrogen (secondary N) is 3. The van der Waals surface area contributed by atoms with Gasteiger partial charge in [-0.25, -0.2) is 24.7 Å². The Morgan fingerprint density at radius 3 is 1.35 bits per heavy atom. The highest BCUT2D eigenvalue weighted by atomic mass is 16.6. The summed E-state index contributed by atoms with van der Waals surface area (Å²) >= 11 is 0. The normalized spacial score (nSPS) is 13.8. The number of piperazine rings is 2. The summed E-state index contributed by atoms with van der Waals surface area (Å²) in [5.74, 6) is 6.90. The number of fused-ring (bicyclic) bond motifs is 6. The smallest absolute Gasteiger partial charge is 0.407 e. The second-order valence-electron chi connectivity index (χ2n) is 25.1. The second kappa shape index (κ2) is 34.2. The van der Waals surface area contributed by atoms with Crippen molar-refractivity contribution in [3.8, 4) is 23.0 Å². The fourth-order valence-corrected chi connectivity index (χ4v) is 12.1. The Morgan fingerprint density at radius 1 is 0.511 bits per heavy atom. The molecule has 0 unspecified atom stereocenters. The fourth-order valence-electron chi connectivity index (χ4n) is 12.1. The third-order valence-corrected chi connectivity index (χ3v) is 17.3. The van der Waals surface area contributed by atoms with Gasteiger partial charge in [0.25, 0.3) is 0 Å². The predicted molar refractivity (Wildman–Crippen MR) is 382 cm³/mol. The minimum Gasteiger partial charge on any atom is -0.497 e. The zero-order valence-corrected chi connectivity index (χ0v) is 56.0. The van der Waals surface area contributed by atoms with Gasteiger partial charge in [-0.05, 0) is 128 Å². The molecule has 2 saturated heterocycles. The molecule has 19 heteroatoms. The average Bonchev–Trinajstić information content (AvgIpc) is 1.55. The van der Waals surface area contributed by atoms with Crippen LogP contribution in [0.4, 0.5) is 27.8 Å². The van der Waals surface area contributed by atoms with Crippen LogP contribution in [0.25, 0.3) is 43.9 Å². The highest BCUT2D eigenvalue weighted by molar-refractivity contribution is 6.09. The van der Waals surface area contributed by atoms with E-state index >= 15 is 0 Å². The Balaban J connectivity index is 0.000000257.